The number of para-hydroxylation sites is 2. The van der Waals surface area contributed by atoms with Crippen LogP contribution in [0.1, 0.15) is 5.56 Å². The van der Waals surface area contributed by atoms with Crippen molar-refractivity contribution in [2.75, 3.05) is 11.8 Å². The van der Waals surface area contributed by atoms with Gasteiger partial charge in [-0.05, 0) is 47.5 Å². The van der Waals surface area contributed by atoms with Gasteiger partial charge in [0.05, 0.1) is 17.7 Å². The molecular formula is C16H14ClNO4S. The number of hydrogen-bond donors (Lipinski definition) is 1. The molecule has 5 nitrogen and oxygen atoms in total. The van der Waals surface area contributed by atoms with E-state index in [0.29, 0.717) is 17.0 Å². The zero-order valence-electron chi connectivity index (χ0n) is 12.2. The normalized spacial score (nSPS) is 11.4. The van der Waals surface area contributed by atoms with Crippen LogP contribution in [0, 0.1) is 0 Å². The topological polar surface area (TPSA) is 72.5 Å². The Labute approximate surface area is 139 Å². The lowest BCUT2D eigenvalue weighted by Gasteiger charge is -2.11. The summed E-state index contributed by atoms with van der Waals surface area (Å²) in [5.74, 6) is 0.417. The molecule has 0 amide bonds. The lowest BCUT2D eigenvalue weighted by molar-refractivity contribution is -0.107. The number of allylic oxidation sites excluding steroid dienone is 1. The minimum absolute atomic E-state index is 0.0626. The Morgan fingerprint density at radius 2 is 1.91 bits per heavy atom. The van der Waals surface area contributed by atoms with Crippen molar-refractivity contribution in [3.8, 4) is 5.75 Å². The molecule has 0 aliphatic rings. The van der Waals surface area contributed by atoms with Gasteiger partial charge in [-0.3, -0.25) is 9.52 Å². The molecule has 0 spiro atoms. The maximum Gasteiger partial charge on any atom is 0.262 e. The van der Waals surface area contributed by atoms with Crippen molar-refractivity contribution < 1.29 is 17.9 Å². The minimum Gasteiger partial charge on any atom is -0.495 e. The summed E-state index contributed by atoms with van der Waals surface area (Å²) in [4.78, 5) is 10.8. The number of rotatable bonds is 6. The number of anilines is 1. The Balaban J connectivity index is 2.33. The van der Waals surface area contributed by atoms with E-state index in [1.54, 1.807) is 36.4 Å². The van der Waals surface area contributed by atoms with Crippen LogP contribution in [0.2, 0.25) is 0 Å². The first-order chi connectivity index (χ1) is 10.9. The second-order valence-corrected chi connectivity index (χ2v) is 6.57. The molecule has 0 radical (unpaired) electrons. The summed E-state index contributed by atoms with van der Waals surface area (Å²) < 4.78 is 32.6. The molecule has 0 atom stereocenters. The fourth-order valence-electron chi connectivity index (χ4n) is 1.88. The fraction of sp³-hybridized carbons (Fsp3) is 0.0625. The predicted molar refractivity (Wildman–Crippen MR) is 90.1 cm³/mol. The Morgan fingerprint density at radius 1 is 1.17 bits per heavy atom. The first-order valence-corrected chi connectivity index (χ1v) is 8.42. The first-order valence-electron chi connectivity index (χ1n) is 6.56. The molecule has 0 aliphatic carbocycles. The standard InChI is InChI=1S/C16H14ClNO4S/c1-22-15-8-3-2-7-14(15)18-23(20,21)13-6-4-5-12(11-13)9-10-16(17)19/h2-11,18H,1H3. The number of carbonyl (C=O) groups excluding carboxylic acids is 1. The van der Waals surface area contributed by atoms with Gasteiger partial charge in [0, 0.05) is 0 Å². The SMILES string of the molecule is COc1ccccc1NS(=O)(=O)c1cccc(C=CC(=O)Cl)c1. The fourth-order valence-corrected chi connectivity index (χ4v) is 3.07. The van der Waals surface area contributed by atoms with E-state index in [-0.39, 0.29) is 4.90 Å². The van der Waals surface area contributed by atoms with Gasteiger partial charge in [-0.2, -0.15) is 0 Å². The van der Waals surface area contributed by atoms with Gasteiger partial charge in [-0.15, -0.1) is 0 Å². The highest BCUT2D eigenvalue weighted by Crippen LogP contribution is 2.26. The molecule has 0 saturated carbocycles. The highest BCUT2D eigenvalue weighted by Gasteiger charge is 2.16. The summed E-state index contributed by atoms with van der Waals surface area (Å²) >= 11 is 5.23. The van der Waals surface area contributed by atoms with Crippen molar-refractivity contribution in [1.29, 1.82) is 0 Å². The number of benzene rings is 2. The van der Waals surface area contributed by atoms with Gasteiger partial charge in [0.25, 0.3) is 10.0 Å². The first kappa shape index (κ1) is 17.1. The number of nitrogens with one attached hydrogen (secondary N) is 1. The molecule has 0 fully saturated rings. The van der Waals surface area contributed by atoms with Crippen LogP contribution in [0.15, 0.2) is 59.5 Å². The van der Waals surface area contributed by atoms with E-state index in [1.807, 2.05) is 0 Å². The van der Waals surface area contributed by atoms with Crippen LogP contribution in [0.4, 0.5) is 5.69 Å². The third-order valence-corrected chi connectivity index (χ3v) is 4.42. The number of ether oxygens (including phenoxy) is 1. The summed E-state index contributed by atoms with van der Waals surface area (Å²) in [7, 11) is -2.33. The molecule has 0 unspecified atom stereocenters. The molecule has 2 rings (SSSR count). The van der Waals surface area contributed by atoms with Gasteiger partial charge >= 0.3 is 0 Å². The van der Waals surface area contributed by atoms with Crippen LogP contribution in [-0.2, 0) is 14.8 Å². The second-order valence-electron chi connectivity index (χ2n) is 4.52. The van der Waals surface area contributed by atoms with Crippen molar-refractivity contribution in [1.82, 2.24) is 0 Å². The smallest absolute Gasteiger partial charge is 0.262 e. The summed E-state index contributed by atoms with van der Waals surface area (Å²) in [6, 6.07) is 12.8. The summed E-state index contributed by atoms with van der Waals surface area (Å²) in [5, 5.41) is -0.634. The Morgan fingerprint density at radius 3 is 2.61 bits per heavy atom. The third kappa shape index (κ3) is 4.58. The number of hydrogen-bond acceptors (Lipinski definition) is 4. The molecule has 0 heterocycles. The van der Waals surface area contributed by atoms with Crippen molar-refractivity contribution in [3.05, 3.63) is 60.2 Å². The predicted octanol–water partition coefficient (Wildman–Crippen LogP) is 3.27. The lowest BCUT2D eigenvalue weighted by Crippen LogP contribution is -2.13. The Bertz CT molecular complexity index is 847. The summed E-state index contributed by atoms with van der Waals surface area (Å²) in [6.45, 7) is 0. The molecule has 2 aromatic carbocycles. The van der Waals surface area contributed by atoms with Crippen LogP contribution in [0.5, 0.6) is 5.75 Å². The van der Waals surface area contributed by atoms with Gasteiger partial charge in [-0.1, -0.05) is 30.3 Å². The van der Waals surface area contributed by atoms with Crippen LogP contribution < -0.4 is 9.46 Å². The molecule has 0 aromatic heterocycles. The average molecular weight is 352 g/mol. The molecule has 23 heavy (non-hydrogen) atoms. The minimum atomic E-state index is -3.79. The van der Waals surface area contributed by atoms with Crippen molar-refractivity contribution >= 4 is 38.6 Å². The molecule has 120 valence electrons. The van der Waals surface area contributed by atoms with Gasteiger partial charge in [0.2, 0.25) is 5.24 Å². The Hall–Kier alpha value is -2.31. The molecule has 0 bridgehead atoms. The highest BCUT2D eigenvalue weighted by molar-refractivity contribution is 7.92. The van der Waals surface area contributed by atoms with Crippen molar-refractivity contribution in [3.63, 3.8) is 0 Å². The number of carbonyl (C=O) groups is 1. The van der Waals surface area contributed by atoms with E-state index in [2.05, 4.69) is 4.72 Å². The quantitative estimate of drug-likeness (QED) is 0.640. The van der Waals surface area contributed by atoms with Crippen molar-refractivity contribution in [2.24, 2.45) is 0 Å². The van der Waals surface area contributed by atoms with Crippen LogP contribution in [0.25, 0.3) is 6.08 Å². The molecule has 2 aromatic rings. The molecule has 0 saturated heterocycles. The average Bonchev–Trinajstić information content (AvgIpc) is 2.53. The van der Waals surface area contributed by atoms with Crippen molar-refractivity contribution in [2.45, 2.75) is 4.90 Å². The third-order valence-electron chi connectivity index (χ3n) is 2.93. The number of sulfonamides is 1. The zero-order chi connectivity index (χ0) is 16.9. The van der Waals surface area contributed by atoms with Crippen LogP contribution >= 0.6 is 11.6 Å². The molecule has 0 aliphatic heterocycles. The number of halogens is 1. The van der Waals surface area contributed by atoms with Crippen LogP contribution in [-0.4, -0.2) is 20.8 Å². The van der Waals surface area contributed by atoms with E-state index in [0.717, 1.165) is 6.08 Å². The molecular weight excluding hydrogens is 338 g/mol. The van der Waals surface area contributed by atoms with E-state index >= 15 is 0 Å². The maximum atomic E-state index is 12.5. The Kier molecular flexibility index (Phi) is 5.41. The second kappa shape index (κ2) is 7.30. The molecule has 1 N–H and O–H groups in total. The zero-order valence-corrected chi connectivity index (χ0v) is 13.8. The van der Waals surface area contributed by atoms with Gasteiger partial charge in [-0.25, -0.2) is 8.42 Å². The largest absolute Gasteiger partial charge is 0.495 e. The van der Waals surface area contributed by atoms with Gasteiger partial charge in [0.15, 0.2) is 0 Å². The van der Waals surface area contributed by atoms with E-state index in [9.17, 15) is 13.2 Å². The number of methoxy groups -OCH3 is 1. The van der Waals surface area contributed by atoms with E-state index < -0.39 is 15.3 Å². The molecule has 7 heteroatoms. The van der Waals surface area contributed by atoms with E-state index in [4.69, 9.17) is 16.3 Å². The van der Waals surface area contributed by atoms with E-state index in [1.165, 1.54) is 25.3 Å². The van der Waals surface area contributed by atoms with Gasteiger partial charge < -0.3 is 4.74 Å². The highest BCUT2D eigenvalue weighted by atomic mass is 35.5. The summed E-state index contributed by atoms with van der Waals surface area (Å²) in [5.41, 5.74) is 0.883. The lowest BCUT2D eigenvalue weighted by atomic mass is 10.2. The van der Waals surface area contributed by atoms with Crippen LogP contribution in [0.3, 0.4) is 0 Å². The summed E-state index contributed by atoms with van der Waals surface area (Å²) in [6.07, 6.45) is 2.60. The maximum absolute atomic E-state index is 12.5. The monoisotopic (exact) mass is 351 g/mol. The van der Waals surface area contributed by atoms with Gasteiger partial charge in [0.1, 0.15) is 5.75 Å².